The summed E-state index contributed by atoms with van der Waals surface area (Å²) >= 11 is 6.18. The maximum atomic E-state index is 14.4. The first-order valence-corrected chi connectivity index (χ1v) is 12.6. The minimum absolute atomic E-state index is 0.0664. The number of carbonyl (C=O) groups excluding carboxylic acids is 2. The van der Waals surface area contributed by atoms with E-state index in [1.54, 1.807) is 30.3 Å². The fourth-order valence-electron chi connectivity index (χ4n) is 4.07. The molecule has 0 saturated heterocycles. The van der Waals surface area contributed by atoms with Gasteiger partial charge in [0.25, 0.3) is 5.91 Å². The molecule has 0 radical (unpaired) electrons. The molecule has 0 aromatic heterocycles. The SMILES string of the molecule is O=C(/C=C/c1ccc(OCc2ccccc2)cc1)Nc1ccc2c(c1)N(Cc1c(F)cccc1Cl)C(=O)CO2. The highest BCUT2D eigenvalue weighted by Crippen LogP contribution is 2.36. The predicted molar refractivity (Wildman–Crippen MR) is 149 cm³/mol. The molecule has 4 aromatic carbocycles. The molecule has 4 aromatic rings. The van der Waals surface area contributed by atoms with Crippen molar-refractivity contribution in [2.75, 3.05) is 16.8 Å². The van der Waals surface area contributed by atoms with Gasteiger partial charge in [-0.3, -0.25) is 9.59 Å². The molecule has 1 aliphatic heterocycles. The van der Waals surface area contributed by atoms with Crippen molar-refractivity contribution >= 4 is 40.9 Å². The highest BCUT2D eigenvalue weighted by atomic mass is 35.5. The number of carbonyl (C=O) groups is 2. The largest absolute Gasteiger partial charge is 0.489 e. The minimum atomic E-state index is -0.506. The third-order valence-corrected chi connectivity index (χ3v) is 6.46. The van der Waals surface area contributed by atoms with Crippen molar-refractivity contribution < 1.29 is 23.5 Å². The number of amides is 2. The van der Waals surface area contributed by atoms with Gasteiger partial charge in [0.15, 0.2) is 6.61 Å². The molecule has 2 amide bonds. The molecule has 196 valence electrons. The Morgan fingerprint density at radius 3 is 2.59 bits per heavy atom. The van der Waals surface area contributed by atoms with Gasteiger partial charge in [0.05, 0.1) is 12.2 Å². The average molecular weight is 543 g/mol. The van der Waals surface area contributed by atoms with Gasteiger partial charge in [-0.25, -0.2) is 4.39 Å². The summed E-state index contributed by atoms with van der Waals surface area (Å²) in [4.78, 5) is 26.6. The minimum Gasteiger partial charge on any atom is -0.489 e. The Morgan fingerprint density at radius 2 is 1.82 bits per heavy atom. The molecule has 0 unspecified atom stereocenters. The summed E-state index contributed by atoms with van der Waals surface area (Å²) in [6.07, 6.45) is 3.10. The van der Waals surface area contributed by atoms with E-state index in [4.69, 9.17) is 21.1 Å². The van der Waals surface area contributed by atoms with Gasteiger partial charge < -0.3 is 19.7 Å². The third-order valence-electron chi connectivity index (χ3n) is 6.10. The maximum absolute atomic E-state index is 14.4. The van der Waals surface area contributed by atoms with Crippen molar-refractivity contribution in [3.05, 3.63) is 125 Å². The zero-order valence-electron chi connectivity index (χ0n) is 20.8. The van der Waals surface area contributed by atoms with Crippen LogP contribution in [0.3, 0.4) is 0 Å². The van der Waals surface area contributed by atoms with E-state index in [0.717, 1.165) is 16.9 Å². The molecule has 1 heterocycles. The predicted octanol–water partition coefficient (Wildman–Crippen LogP) is 6.64. The molecular weight excluding hydrogens is 519 g/mol. The molecule has 0 fully saturated rings. The van der Waals surface area contributed by atoms with Crippen LogP contribution in [0.5, 0.6) is 11.5 Å². The van der Waals surface area contributed by atoms with Crippen LogP contribution in [0.15, 0.2) is 97.1 Å². The quantitative estimate of drug-likeness (QED) is 0.254. The summed E-state index contributed by atoms with van der Waals surface area (Å²) in [7, 11) is 0. The molecule has 6 nitrogen and oxygen atoms in total. The van der Waals surface area contributed by atoms with Crippen LogP contribution < -0.4 is 19.7 Å². The van der Waals surface area contributed by atoms with Crippen molar-refractivity contribution in [3.8, 4) is 11.5 Å². The van der Waals surface area contributed by atoms with Gasteiger partial charge in [-0.05, 0) is 59.7 Å². The Bertz CT molecular complexity index is 1500. The van der Waals surface area contributed by atoms with Crippen LogP contribution >= 0.6 is 11.6 Å². The van der Waals surface area contributed by atoms with E-state index in [0.29, 0.717) is 23.7 Å². The first kappa shape index (κ1) is 26.0. The van der Waals surface area contributed by atoms with E-state index in [9.17, 15) is 14.0 Å². The van der Waals surface area contributed by atoms with Crippen LogP contribution in [0, 0.1) is 5.82 Å². The van der Waals surface area contributed by atoms with E-state index in [1.807, 2.05) is 54.6 Å². The second-order valence-corrected chi connectivity index (χ2v) is 9.22. The standard InChI is InChI=1S/C31H24ClFN2O4/c32-26-7-4-8-27(33)25(26)18-35-28-17-23(12-15-29(28)39-20-31(35)37)34-30(36)16-11-21-9-13-24(14-10-21)38-19-22-5-2-1-3-6-22/h1-17H,18-20H2,(H,34,36)/b16-11+. The lowest BCUT2D eigenvalue weighted by molar-refractivity contribution is -0.121. The van der Waals surface area contributed by atoms with Crippen LogP contribution in [0.1, 0.15) is 16.7 Å². The van der Waals surface area contributed by atoms with Gasteiger partial charge in [0, 0.05) is 22.3 Å². The van der Waals surface area contributed by atoms with E-state index in [-0.39, 0.29) is 35.6 Å². The molecule has 0 bridgehead atoms. The van der Waals surface area contributed by atoms with Crippen molar-refractivity contribution in [1.29, 1.82) is 0 Å². The summed E-state index contributed by atoms with van der Waals surface area (Å²) in [5.41, 5.74) is 2.98. The maximum Gasteiger partial charge on any atom is 0.265 e. The summed E-state index contributed by atoms with van der Waals surface area (Å²) in [6, 6.07) is 26.6. The van der Waals surface area contributed by atoms with Crippen LogP contribution in [0.25, 0.3) is 6.08 Å². The zero-order valence-corrected chi connectivity index (χ0v) is 21.5. The summed E-state index contributed by atoms with van der Waals surface area (Å²) < 4.78 is 25.7. The molecule has 1 N–H and O–H groups in total. The Labute approximate surface area is 230 Å². The van der Waals surface area contributed by atoms with Gasteiger partial charge >= 0.3 is 0 Å². The molecule has 1 aliphatic rings. The van der Waals surface area contributed by atoms with Crippen molar-refractivity contribution in [2.45, 2.75) is 13.2 Å². The van der Waals surface area contributed by atoms with Crippen molar-refractivity contribution in [3.63, 3.8) is 0 Å². The number of anilines is 2. The van der Waals surface area contributed by atoms with Gasteiger partial charge in [0.2, 0.25) is 5.91 Å². The molecular formula is C31H24ClFN2O4. The summed E-state index contributed by atoms with van der Waals surface area (Å²) in [5.74, 6) is -0.0288. The Hall–Kier alpha value is -4.62. The lowest BCUT2D eigenvalue weighted by Gasteiger charge is -2.30. The summed E-state index contributed by atoms with van der Waals surface area (Å²) in [5, 5.41) is 3.01. The third kappa shape index (κ3) is 6.45. The lowest BCUT2D eigenvalue weighted by Crippen LogP contribution is -2.38. The van der Waals surface area contributed by atoms with Gasteiger partial charge in [0.1, 0.15) is 23.9 Å². The molecule has 0 atom stereocenters. The molecule has 0 saturated carbocycles. The zero-order chi connectivity index (χ0) is 27.2. The number of fused-ring (bicyclic) bond motifs is 1. The number of nitrogens with zero attached hydrogens (tertiary/aromatic N) is 1. The van der Waals surface area contributed by atoms with Crippen LogP contribution in [0.2, 0.25) is 5.02 Å². The molecule has 8 heteroatoms. The van der Waals surface area contributed by atoms with Gasteiger partial charge in [-0.15, -0.1) is 0 Å². The van der Waals surface area contributed by atoms with E-state index < -0.39 is 5.82 Å². The molecule has 39 heavy (non-hydrogen) atoms. The summed E-state index contributed by atoms with van der Waals surface area (Å²) in [6.45, 7) is 0.229. The fourth-order valence-corrected chi connectivity index (χ4v) is 4.29. The number of ether oxygens (including phenoxy) is 2. The normalized spacial score (nSPS) is 12.7. The number of hydrogen-bond acceptors (Lipinski definition) is 4. The van der Waals surface area contributed by atoms with E-state index in [2.05, 4.69) is 5.32 Å². The Balaban J connectivity index is 1.23. The van der Waals surface area contributed by atoms with Crippen LogP contribution in [-0.2, 0) is 22.7 Å². The number of nitrogens with one attached hydrogen (secondary N) is 1. The number of halogens is 2. The molecule has 0 aliphatic carbocycles. The number of rotatable bonds is 8. The first-order chi connectivity index (χ1) is 19.0. The highest BCUT2D eigenvalue weighted by molar-refractivity contribution is 6.31. The van der Waals surface area contributed by atoms with E-state index in [1.165, 1.54) is 23.1 Å². The second-order valence-electron chi connectivity index (χ2n) is 8.82. The molecule has 5 rings (SSSR count). The Morgan fingerprint density at radius 1 is 1.03 bits per heavy atom. The highest BCUT2D eigenvalue weighted by Gasteiger charge is 2.27. The first-order valence-electron chi connectivity index (χ1n) is 12.2. The van der Waals surface area contributed by atoms with Gasteiger partial charge in [-0.1, -0.05) is 60.1 Å². The van der Waals surface area contributed by atoms with Crippen LogP contribution in [0.4, 0.5) is 15.8 Å². The van der Waals surface area contributed by atoms with E-state index >= 15 is 0 Å². The number of benzene rings is 4. The monoisotopic (exact) mass is 542 g/mol. The van der Waals surface area contributed by atoms with Crippen LogP contribution in [-0.4, -0.2) is 18.4 Å². The lowest BCUT2D eigenvalue weighted by atomic mass is 10.1. The average Bonchev–Trinajstić information content (AvgIpc) is 2.95. The smallest absolute Gasteiger partial charge is 0.265 e. The molecule has 0 spiro atoms. The fraction of sp³-hybridized carbons (Fsp3) is 0.0968. The Kier molecular flexibility index (Phi) is 7.89. The topological polar surface area (TPSA) is 67.9 Å². The number of hydrogen-bond donors (Lipinski definition) is 1. The van der Waals surface area contributed by atoms with Gasteiger partial charge in [-0.2, -0.15) is 0 Å². The second kappa shape index (κ2) is 11.8. The van der Waals surface area contributed by atoms with Crippen molar-refractivity contribution in [2.24, 2.45) is 0 Å². The van der Waals surface area contributed by atoms with Crippen molar-refractivity contribution in [1.82, 2.24) is 0 Å².